The van der Waals surface area contributed by atoms with Gasteiger partial charge in [-0.3, -0.25) is 14.5 Å². The number of hydrogen-bond donors (Lipinski definition) is 0. The number of fused-ring (bicyclic) bond motifs is 2. The summed E-state index contributed by atoms with van der Waals surface area (Å²) in [5.41, 5.74) is 1.78. The molecule has 0 unspecified atom stereocenters. The largest absolute Gasteiger partial charge is 0.484 e. The van der Waals surface area contributed by atoms with Crippen LogP contribution in [0.4, 0.5) is 9.18 Å². The molecule has 0 aliphatic carbocycles. The molecule has 0 spiro atoms. The molecule has 2 aliphatic rings. The number of aromatic nitrogens is 3. The Morgan fingerprint density at radius 2 is 1.98 bits per heavy atom. The average Bonchev–Trinajstić information content (AvgIpc) is 3.37. The summed E-state index contributed by atoms with van der Waals surface area (Å²) in [6.45, 7) is 3.87. The first-order valence-corrected chi connectivity index (χ1v) is 13.0. The van der Waals surface area contributed by atoms with Crippen molar-refractivity contribution >= 4 is 22.9 Å². The van der Waals surface area contributed by atoms with Gasteiger partial charge >= 0.3 is 6.09 Å². The van der Waals surface area contributed by atoms with Gasteiger partial charge in [-0.2, -0.15) is 5.10 Å². The molecule has 0 N–H and O–H groups in total. The Kier molecular flexibility index (Phi) is 5.63. The third-order valence-corrected chi connectivity index (χ3v) is 6.76. The number of carbonyl (C=O) groups is 2. The van der Waals surface area contributed by atoms with E-state index in [0.29, 0.717) is 29.9 Å². The summed E-state index contributed by atoms with van der Waals surface area (Å²) in [4.78, 5) is 31.8. The van der Waals surface area contributed by atoms with E-state index in [1.165, 1.54) is 18.3 Å². The maximum atomic E-state index is 15.4. The minimum absolute atomic E-state index is 0.0350. The summed E-state index contributed by atoms with van der Waals surface area (Å²) in [6.07, 6.45) is 2.68. The van der Waals surface area contributed by atoms with Crippen LogP contribution >= 0.6 is 0 Å². The van der Waals surface area contributed by atoms with Gasteiger partial charge in [-0.05, 0) is 62.2 Å². The van der Waals surface area contributed by atoms with E-state index in [9.17, 15) is 9.59 Å². The molecule has 2 aliphatic heterocycles. The van der Waals surface area contributed by atoms with Crippen LogP contribution in [0.5, 0.6) is 5.75 Å². The molecule has 4 aromatic rings. The summed E-state index contributed by atoms with van der Waals surface area (Å²) in [5.74, 6) is -0.530. The summed E-state index contributed by atoms with van der Waals surface area (Å²) < 4.78 is 45.6. The molecular weight excluding hydrogens is 513 g/mol. The van der Waals surface area contributed by atoms with Crippen molar-refractivity contribution in [3.63, 3.8) is 0 Å². The molecule has 2 aromatic heterocycles. The number of amides is 2. The fourth-order valence-corrected chi connectivity index (χ4v) is 4.83. The van der Waals surface area contributed by atoms with Crippen LogP contribution in [0.15, 0.2) is 54.9 Å². The Morgan fingerprint density at radius 3 is 2.70 bits per heavy atom. The summed E-state index contributed by atoms with van der Waals surface area (Å²) in [6, 6.07) is 11.4. The van der Waals surface area contributed by atoms with Crippen molar-refractivity contribution < 1.29 is 26.2 Å². The highest BCUT2D eigenvalue weighted by atomic mass is 19.1. The molecule has 40 heavy (non-hydrogen) atoms. The molecule has 0 atom stereocenters. The van der Waals surface area contributed by atoms with Crippen molar-refractivity contribution in [3.8, 4) is 16.9 Å². The van der Waals surface area contributed by atoms with Gasteiger partial charge in [0.1, 0.15) is 28.8 Å². The second-order valence-corrected chi connectivity index (χ2v) is 11.0. The molecule has 1 saturated heterocycles. The van der Waals surface area contributed by atoms with Gasteiger partial charge in [0.15, 0.2) is 0 Å². The number of rotatable bonds is 5. The van der Waals surface area contributed by atoms with Gasteiger partial charge in [0.2, 0.25) is 0 Å². The first-order valence-electron chi connectivity index (χ1n) is 14.0. The van der Waals surface area contributed by atoms with Crippen molar-refractivity contribution in [1.29, 1.82) is 0 Å². The van der Waals surface area contributed by atoms with Crippen molar-refractivity contribution in [2.45, 2.75) is 45.5 Å². The van der Waals surface area contributed by atoms with Crippen molar-refractivity contribution in [3.05, 3.63) is 77.5 Å². The van der Waals surface area contributed by atoms with Gasteiger partial charge in [-0.1, -0.05) is 12.1 Å². The molecule has 206 valence electrons. The van der Waals surface area contributed by atoms with Crippen LogP contribution in [-0.2, 0) is 24.8 Å². The SMILES string of the molecule is [2H]C1([2H])c2ncccc2C(=O)N1Cc1ccc(-c2ccc(OC3CN(C(=O)OC(C)(C)C)C3)c3nn(C)cc23)cc1F. The zero-order valence-electron chi connectivity index (χ0n) is 24.6. The topological polar surface area (TPSA) is 89.8 Å². The van der Waals surface area contributed by atoms with Crippen LogP contribution in [-0.4, -0.2) is 61.4 Å². The number of pyridine rings is 1. The number of benzene rings is 2. The van der Waals surface area contributed by atoms with Crippen molar-refractivity contribution in [1.82, 2.24) is 24.6 Å². The number of likely N-dealkylation sites (tertiary alicyclic amines) is 1. The fraction of sp³-hybridized carbons (Fsp3) is 0.333. The number of ether oxygens (including phenoxy) is 2. The molecular formula is C30H30FN5O4. The Hall–Kier alpha value is -4.47. The van der Waals surface area contributed by atoms with Crippen LogP contribution in [0.25, 0.3) is 22.0 Å². The first kappa shape index (κ1) is 23.4. The number of nitrogens with zero attached hydrogens (tertiary/aromatic N) is 5. The molecule has 0 radical (unpaired) electrons. The quantitative estimate of drug-likeness (QED) is 0.353. The third kappa shape index (κ3) is 4.85. The van der Waals surface area contributed by atoms with E-state index >= 15 is 4.39 Å². The number of halogens is 1. The molecule has 2 aromatic carbocycles. The van der Waals surface area contributed by atoms with Gasteiger partial charge in [-0.15, -0.1) is 0 Å². The van der Waals surface area contributed by atoms with Crippen LogP contribution < -0.4 is 4.74 Å². The Balaban J connectivity index is 1.21. The highest BCUT2D eigenvalue weighted by Crippen LogP contribution is 2.36. The van der Waals surface area contributed by atoms with Crippen LogP contribution in [0, 0.1) is 5.82 Å². The second kappa shape index (κ2) is 9.62. The van der Waals surface area contributed by atoms with E-state index in [-0.39, 0.29) is 35.6 Å². The van der Waals surface area contributed by atoms with Crippen LogP contribution in [0.1, 0.15) is 45.1 Å². The molecule has 6 rings (SSSR count). The maximum Gasteiger partial charge on any atom is 0.410 e. The van der Waals surface area contributed by atoms with Crippen LogP contribution in [0.3, 0.4) is 0 Å². The normalized spacial score (nSPS) is 17.4. The minimum atomic E-state index is -2.15. The predicted octanol–water partition coefficient (Wildman–Crippen LogP) is 4.93. The van der Waals surface area contributed by atoms with E-state index in [4.69, 9.17) is 12.2 Å². The Bertz CT molecular complexity index is 1730. The summed E-state index contributed by atoms with van der Waals surface area (Å²) in [7, 11) is 1.79. The summed E-state index contributed by atoms with van der Waals surface area (Å²) in [5, 5.41) is 5.33. The minimum Gasteiger partial charge on any atom is -0.484 e. The maximum absolute atomic E-state index is 15.4. The molecule has 10 heteroatoms. The van der Waals surface area contributed by atoms with E-state index in [1.54, 1.807) is 40.9 Å². The second-order valence-electron chi connectivity index (χ2n) is 11.0. The van der Waals surface area contributed by atoms with E-state index in [2.05, 4.69) is 10.1 Å². The lowest BCUT2D eigenvalue weighted by molar-refractivity contribution is -0.0218. The number of aryl methyl sites for hydroxylation is 1. The van der Waals surface area contributed by atoms with Gasteiger partial charge in [0, 0.05) is 36.9 Å². The van der Waals surface area contributed by atoms with Crippen molar-refractivity contribution in [2.24, 2.45) is 7.05 Å². The lowest BCUT2D eigenvalue weighted by atomic mass is 9.99. The first-order chi connectivity index (χ1) is 19.8. The standard InChI is InChI=1S/C30H30FN5O4/c1-30(2,3)40-29(38)36-14-20(15-36)39-26-10-9-21(23-16-34(4)33-27(23)26)18-7-8-19(24(31)12-18)13-35-17-25-22(28(35)37)6-5-11-32-25/h5-12,16,20H,13-15,17H2,1-4H3/i17D2. The molecule has 0 saturated carbocycles. The van der Waals surface area contributed by atoms with E-state index in [1.807, 2.05) is 33.0 Å². The van der Waals surface area contributed by atoms with Gasteiger partial charge in [0.25, 0.3) is 5.91 Å². The lowest BCUT2D eigenvalue weighted by Crippen LogP contribution is -2.57. The highest BCUT2D eigenvalue weighted by molar-refractivity contribution is 5.98. The zero-order chi connectivity index (χ0) is 30.0. The summed E-state index contributed by atoms with van der Waals surface area (Å²) >= 11 is 0. The van der Waals surface area contributed by atoms with E-state index < -0.39 is 23.8 Å². The molecule has 4 heterocycles. The van der Waals surface area contributed by atoms with Gasteiger partial charge < -0.3 is 19.3 Å². The van der Waals surface area contributed by atoms with Gasteiger partial charge in [0.05, 0.1) is 33.6 Å². The Morgan fingerprint density at radius 1 is 1.18 bits per heavy atom. The smallest absolute Gasteiger partial charge is 0.410 e. The average molecular weight is 546 g/mol. The Labute approximate surface area is 233 Å². The fourth-order valence-electron chi connectivity index (χ4n) is 4.83. The van der Waals surface area contributed by atoms with E-state index in [0.717, 1.165) is 15.8 Å². The number of carbonyl (C=O) groups excluding carboxylic acids is 2. The zero-order valence-corrected chi connectivity index (χ0v) is 22.6. The molecule has 2 amide bonds. The monoisotopic (exact) mass is 545 g/mol. The predicted molar refractivity (Wildman–Crippen MR) is 146 cm³/mol. The molecule has 1 fully saturated rings. The highest BCUT2D eigenvalue weighted by Gasteiger charge is 2.35. The number of hydrogen-bond acceptors (Lipinski definition) is 6. The van der Waals surface area contributed by atoms with Crippen LogP contribution in [0.2, 0.25) is 0 Å². The lowest BCUT2D eigenvalue weighted by Gasteiger charge is -2.39. The molecule has 0 bridgehead atoms. The van der Waals surface area contributed by atoms with Crippen molar-refractivity contribution in [2.75, 3.05) is 13.1 Å². The third-order valence-electron chi connectivity index (χ3n) is 6.76. The molecule has 9 nitrogen and oxygen atoms in total. The van der Waals surface area contributed by atoms with Gasteiger partial charge in [-0.25, -0.2) is 9.18 Å².